The molecule has 0 radical (unpaired) electrons. The van der Waals surface area contributed by atoms with E-state index in [1.54, 1.807) is 79.7 Å². The topological polar surface area (TPSA) is 154 Å². The number of hydrogen-bond donors (Lipinski definition) is 3. The van der Waals surface area contributed by atoms with Crippen LogP contribution in [0.2, 0.25) is 0 Å². The molecule has 2 aromatic carbocycles. The van der Waals surface area contributed by atoms with Gasteiger partial charge in [-0.3, -0.25) is 23.6 Å². The lowest BCUT2D eigenvalue weighted by Crippen LogP contribution is -2.34. The molecule has 4 N–H and O–H groups in total. The number of amides is 2. The number of nitrogens with one attached hydrogen (secondary N) is 2. The van der Waals surface area contributed by atoms with Gasteiger partial charge in [0.05, 0.1) is 40.1 Å². The third kappa shape index (κ3) is 4.10. The zero-order valence-corrected chi connectivity index (χ0v) is 23.0. The number of carbonyl (C=O) groups is 2. The van der Waals surface area contributed by atoms with Gasteiger partial charge >= 0.3 is 0 Å². The van der Waals surface area contributed by atoms with Crippen molar-refractivity contribution >= 4 is 39.7 Å². The van der Waals surface area contributed by atoms with E-state index in [0.717, 1.165) is 0 Å². The van der Waals surface area contributed by atoms with Crippen molar-refractivity contribution in [3.05, 3.63) is 112 Å². The molecule has 2 amide bonds. The smallest absolute Gasteiger partial charge is 0.264 e. The minimum absolute atomic E-state index is 0.00348. The molecule has 1 aliphatic heterocycles. The fourth-order valence-corrected chi connectivity index (χ4v) is 5.50. The standard InChI is InChI=1S/C31H23N9O3/c1-17(35-30(42)25-27(32)37-39-14-6-13-33-28(25)39)26-24-23-21(36-29(24)41)12-11-19(10-9-18-15-34-38(2)16-18)22(23)31(43)40(26)20-7-4-3-5-8-20/h3-8,11-17H,1-2H3,(H2,32,37)(H,35,42)(H,36,41)/t17-/m1/s1. The minimum Gasteiger partial charge on any atom is -0.381 e. The first-order valence-electron chi connectivity index (χ1n) is 13.3. The zero-order chi connectivity index (χ0) is 29.8. The van der Waals surface area contributed by atoms with Gasteiger partial charge in [-0.1, -0.05) is 30.0 Å². The summed E-state index contributed by atoms with van der Waals surface area (Å²) in [5.41, 5.74) is 8.84. The summed E-state index contributed by atoms with van der Waals surface area (Å²) in [5.74, 6) is 5.22. The van der Waals surface area contributed by atoms with Crippen LogP contribution < -0.4 is 21.9 Å². The fourth-order valence-electron chi connectivity index (χ4n) is 5.50. The van der Waals surface area contributed by atoms with Crippen molar-refractivity contribution in [2.45, 2.75) is 13.0 Å². The number of aryl methyl sites for hydroxylation is 1. The first-order valence-corrected chi connectivity index (χ1v) is 13.3. The van der Waals surface area contributed by atoms with E-state index < -0.39 is 17.9 Å². The molecule has 0 fully saturated rings. The maximum absolute atomic E-state index is 14.5. The monoisotopic (exact) mass is 569 g/mol. The van der Waals surface area contributed by atoms with E-state index in [1.165, 1.54) is 15.3 Å². The largest absolute Gasteiger partial charge is 0.381 e. The van der Waals surface area contributed by atoms with Crippen molar-refractivity contribution < 1.29 is 9.59 Å². The van der Waals surface area contributed by atoms with E-state index in [1.807, 2.05) is 6.07 Å². The number of nitrogens with two attached hydrogens (primary N) is 1. The van der Waals surface area contributed by atoms with Crippen LogP contribution in [0.25, 0.3) is 22.1 Å². The Balaban J connectivity index is 1.45. The molecule has 0 saturated carbocycles. The third-order valence-corrected chi connectivity index (χ3v) is 7.31. The van der Waals surface area contributed by atoms with Gasteiger partial charge in [-0.15, -0.1) is 5.10 Å². The third-order valence-electron chi connectivity index (χ3n) is 7.31. The van der Waals surface area contributed by atoms with Gasteiger partial charge in [0, 0.05) is 42.3 Å². The SMILES string of the molecule is C[C@@H](NC(=O)c1c(N)nn2cccnc12)c1c2c3c(ccc(C#Cc4cnn(C)c4)c3c(=O)n1-c1ccccc1)NC2=O. The Morgan fingerprint density at radius 3 is 2.65 bits per heavy atom. The maximum Gasteiger partial charge on any atom is 0.264 e. The summed E-state index contributed by atoms with van der Waals surface area (Å²) in [6.07, 6.45) is 6.58. The summed E-state index contributed by atoms with van der Waals surface area (Å²) in [4.78, 5) is 45.9. The van der Waals surface area contributed by atoms with E-state index in [4.69, 9.17) is 5.73 Å². The predicted octanol–water partition coefficient (Wildman–Crippen LogP) is 2.81. The van der Waals surface area contributed by atoms with E-state index in [-0.39, 0.29) is 28.2 Å². The number of nitrogen functional groups attached to an aromatic ring is 1. The number of hydrogen-bond acceptors (Lipinski definition) is 7. The van der Waals surface area contributed by atoms with Crippen molar-refractivity contribution in [3.8, 4) is 17.5 Å². The molecule has 0 spiro atoms. The van der Waals surface area contributed by atoms with Gasteiger partial charge < -0.3 is 16.4 Å². The average Bonchev–Trinajstić information content (AvgIpc) is 3.67. The molecule has 12 nitrogen and oxygen atoms in total. The molecule has 6 aromatic rings. The molecule has 4 aromatic heterocycles. The fraction of sp³-hybridized carbons (Fsp3) is 0.0968. The molecule has 0 unspecified atom stereocenters. The highest BCUT2D eigenvalue weighted by molar-refractivity contribution is 6.25. The van der Waals surface area contributed by atoms with E-state index in [9.17, 15) is 14.4 Å². The summed E-state index contributed by atoms with van der Waals surface area (Å²) in [6, 6.07) is 13.3. The molecule has 7 rings (SSSR count). The summed E-state index contributed by atoms with van der Waals surface area (Å²) in [5, 5.41) is 14.9. The van der Waals surface area contributed by atoms with Crippen LogP contribution in [0.3, 0.4) is 0 Å². The van der Waals surface area contributed by atoms with Gasteiger partial charge in [0.1, 0.15) is 5.56 Å². The van der Waals surface area contributed by atoms with Gasteiger partial charge in [-0.2, -0.15) is 5.10 Å². The number of para-hydroxylation sites is 1. The summed E-state index contributed by atoms with van der Waals surface area (Å²) in [7, 11) is 1.79. The van der Waals surface area contributed by atoms with Crippen LogP contribution in [0.4, 0.5) is 11.5 Å². The van der Waals surface area contributed by atoms with Crippen molar-refractivity contribution in [3.63, 3.8) is 0 Å². The van der Waals surface area contributed by atoms with Crippen molar-refractivity contribution in [2.24, 2.45) is 7.05 Å². The average molecular weight is 570 g/mol. The van der Waals surface area contributed by atoms with Crippen LogP contribution in [-0.2, 0) is 7.05 Å². The van der Waals surface area contributed by atoms with Crippen molar-refractivity contribution in [2.75, 3.05) is 11.1 Å². The van der Waals surface area contributed by atoms with Gasteiger partial charge in [-0.05, 0) is 37.3 Å². The van der Waals surface area contributed by atoms with Gasteiger partial charge in [0.2, 0.25) is 0 Å². The molecule has 5 heterocycles. The molecule has 12 heteroatoms. The number of aromatic nitrogens is 6. The summed E-state index contributed by atoms with van der Waals surface area (Å²) in [6.45, 7) is 1.71. The van der Waals surface area contributed by atoms with E-state index in [0.29, 0.717) is 39.0 Å². The molecule has 1 aliphatic rings. The van der Waals surface area contributed by atoms with Crippen LogP contribution in [0.5, 0.6) is 0 Å². The Morgan fingerprint density at radius 1 is 1.07 bits per heavy atom. The Hall–Kier alpha value is -6.22. The first kappa shape index (κ1) is 25.7. The molecular weight excluding hydrogens is 546 g/mol. The lowest BCUT2D eigenvalue weighted by molar-refractivity contribution is 0.0937. The van der Waals surface area contributed by atoms with Gasteiger partial charge in [0.15, 0.2) is 11.5 Å². The quantitative estimate of drug-likeness (QED) is 0.276. The second kappa shape index (κ2) is 9.71. The lowest BCUT2D eigenvalue weighted by atomic mass is 9.97. The minimum atomic E-state index is -0.820. The molecule has 0 aliphatic carbocycles. The summed E-state index contributed by atoms with van der Waals surface area (Å²) < 4.78 is 4.52. The highest BCUT2D eigenvalue weighted by Crippen LogP contribution is 2.38. The van der Waals surface area contributed by atoms with Crippen molar-refractivity contribution in [1.29, 1.82) is 0 Å². The molecule has 1 atom stereocenters. The second-order valence-electron chi connectivity index (χ2n) is 10.1. The number of carbonyl (C=O) groups excluding carboxylic acids is 2. The van der Waals surface area contributed by atoms with Crippen LogP contribution in [-0.4, -0.2) is 40.8 Å². The van der Waals surface area contributed by atoms with Crippen LogP contribution >= 0.6 is 0 Å². The number of anilines is 2. The lowest BCUT2D eigenvalue weighted by Gasteiger charge is -2.23. The predicted molar refractivity (Wildman–Crippen MR) is 160 cm³/mol. The Kier molecular flexibility index (Phi) is 5.81. The molecular formula is C31H23N9O3. The summed E-state index contributed by atoms with van der Waals surface area (Å²) >= 11 is 0. The zero-order valence-electron chi connectivity index (χ0n) is 23.0. The Morgan fingerprint density at radius 2 is 1.88 bits per heavy atom. The van der Waals surface area contributed by atoms with Crippen LogP contribution in [0.15, 0.2) is 78.1 Å². The van der Waals surface area contributed by atoms with Gasteiger partial charge in [-0.25, -0.2) is 9.50 Å². The second-order valence-corrected chi connectivity index (χ2v) is 10.1. The maximum atomic E-state index is 14.5. The number of nitrogens with zero attached hydrogens (tertiary/aromatic N) is 6. The normalized spacial score (nSPS) is 12.7. The highest BCUT2D eigenvalue weighted by atomic mass is 16.2. The highest BCUT2D eigenvalue weighted by Gasteiger charge is 2.34. The molecule has 43 heavy (non-hydrogen) atoms. The Bertz CT molecular complexity index is 2250. The van der Waals surface area contributed by atoms with Crippen LogP contribution in [0.1, 0.15) is 50.5 Å². The van der Waals surface area contributed by atoms with Crippen LogP contribution in [0, 0.1) is 11.8 Å². The number of pyridine rings is 1. The number of rotatable bonds is 4. The number of fused-ring (bicyclic) bond motifs is 1. The Labute approximate surface area is 243 Å². The van der Waals surface area contributed by atoms with E-state index >= 15 is 0 Å². The molecule has 0 saturated heterocycles. The first-order chi connectivity index (χ1) is 20.8. The molecule has 0 bridgehead atoms. The van der Waals surface area contributed by atoms with Gasteiger partial charge in [0.25, 0.3) is 17.4 Å². The van der Waals surface area contributed by atoms with E-state index in [2.05, 4.69) is 37.7 Å². The molecule has 210 valence electrons. The van der Waals surface area contributed by atoms with Crippen molar-refractivity contribution in [1.82, 2.24) is 34.3 Å². The number of benzene rings is 2.